The Morgan fingerprint density at radius 3 is 1.98 bits per heavy atom. The van der Waals surface area contributed by atoms with Crippen molar-refractivity contribution in [1.82, 2.24) is 29.6 Å². The molecule has 2 aliphatic carbocycles. The molecule has 4 aromatic rings. The van der Waals surface area contributed by atoms with Gasteiger partial charge in [-0.15, -0.1) is 0 Å². The van der Waals surface area contributed by atoms with E-state index in [0.717, 1.165) is 61.6 Å². The van der Waals surface area contributed by atoms with Crippen LogP contribution in [0.4, 0.5) is 4.79 Å². The van der Waals surface area contributed by atoms with Gasteiger partial charge in [0.15, 0.2) is 0 Å². The highest BCUT2D eigenvalue weighted by molar-refractivity contribution is 5.97. The van der Waals surface area contributed by atoms with Gasteiger partial charge in [0.25, 0.3) is 0 Å². The van der Waals surface area contributed by atoms with Crippen molar-refractivity contribution in [3.8, 4) is 11.5 Å². The average molecular weight is 791 g/mol. The number of fused-ring (bicyclic) bond motifs is 8. The number of nitrogens with one attached hydrogen (secondary N) is 2. The predicted octanol–water partition coefficient (Wildman–Crippen LogP) is 7.30. The number of carbonyl (C=O) groups is 3. The van der Waals surface area contributed by atoms with Gasteiger partial charge in [0.1, 0.15) is 11.5 Å². The van der Waals surface area contributed by atoms with Gasteiger partial charge in [-0.25, -0.2) is 4.79 Å². The average Bonchev–Trinajstić information content (AvgIpc) is 3.66. The second-order valence-corrected chi connectivity index (χ2v) is 18.5. The van der Waals surface area contributed by atoms with Crippen LogP contribution >= 0.6 is 0 Å². The van der Waals surface area contributed by atoms with E-state index in [2.05, 4.69) is 44.9 Å². The summed E-state index contributed by atoms with van der Waals surface area (Å²) < 4.78 is 12.7. The molecule has 2 aromatic heterocycles. The van der Waals surface area contributed by atoms with E-state index in [0.29, 0.717) is 53.8 Å². The maximum absolute atomic E-state index is 13.6. The Hall–Kier alpha value is -4.19. The van der Waals surface area contributed by atoms with Crippen LogP contribution in [0.2, 0.25) is 0 Å². The molecule has 8 heterocycles. The number of ether oxygens (including phenoxy) is 2. The zero-order valence-corrected chi connectivity index (χ0v) is 35.3. The minimum Gasteiger partial charge on any atom is -0.427 e. The molecule has 2 N–H and O–H groups in total. The van der Waals surface area contributed by atoms with Gasteiger partial charge < -0.3 is 24.7 Å². The van der Waals surface area contributed by atoms with E-state index in [9.17, 15) is 14.4 Å². The molecule has 2 saturated carbocycles. The van der Waals surface area contributed by atoms with Gasteiger partial charge in [0.2, 0.25) is 0 Å². The molecule has 4 saturated heterocycles. The maximum atomic E-state index is 13.6. The molecule has 8 aliphatic rings. The van der Waals surface area contributed by atoms with Crippen LogP contribution in [-0.4, -0.2) is 108 Å². The zero-order chi connectivity index (χ0) is 40.4. The van der Waals surface area contributed by atoms with Crippen molar-refractivity contribution in [2.45, 2.75) is 103 Å². The van der Waals surface area contributed by atoms with Gasteiger partial charge >= 0.3 is 18.0 Å². The molecule has 6 aliphatic heterocycles. The summed E-state index contributed by atoms with van der Waals surface area (Å²) in [7, 11) is 4.02. The molecule has 1 amide bonds. The van der Waals surface area contributed by atoms with Crippen LogP contribution in [0.3, 0.4) is 0 Å². The molecule has 310 valence electrons. The normalized spacial score (nSPS) is 30.2. The van der Waals surface area contributed by atoms with Crippen LogP contribution in [0.15, 0.2) is 36.4 Å². The number of H-pyrrole nitrogens is 1. The highest BCUT2D eigenvalue weighted by atomic mass is 16.5. The molecular weight excluding hydrogens is 729 g/mol. The molecule has 12 rings (SSSR count). The first-order valence-corrected chi connectivity index (χ1v) is 22.1. The summed E-state index contributed by atoms with van der Waals surface area (Å²) in [5.74, 6) is 4.70. The number of piperidine rings is 4. The van der Waals surface area contributed by atoms with E-state index < -0.39 is 0 Å². The van der Waals surface area contributed by atoms with Crippen molar-refractivity contribution in [2.75, 3.05) is 53.4 Å². The Labute approximate surface area is 342 Å². The number of aromatic nitrogens is 2. The van der Waals surface area contributed by atoms with Crippen LogP contribution in [-0.2, 0) is 22.4 Å². The lowest BCUT2D eigenvalue weighted by Crippen LogP contribution is -2.56. The second-order valence-electron chi connectivity index (χ2n) is 18.5. The smallest absolute Gasteiger partial charge is 0.326 e. The van der Waals surface area contributed by atoms with E-state index in [4.69, 9.17) is 9.47 Å². The minimum atomic E-state index is -0.327. The van der Waals surface area contributed by atoms with Crippen molar-refractivity contribution >= 4 is 39.8 Å². The monoisotopic (exact) mass is 790 g/mol. The van der Waals surface area contributed by atoms with Crippen LogP contribution < -0.4 is 14.8 Å². The number of amides is 1. The maximum Gasteiger partial charge on any atom is 0.326 e. The van der Waals surface area contributed by atoms with E-state index in [1.165, 1.54) is 92.5 Å². The molecule has 0 radical (unpaired) electrons. The number of aromatic amines is 1. The van der Waals surface area contributed by atoms with Crippen molar-refractivity contribution in [1.29, 1.82) is 0 Å². The Balaban J connectivity index is 0.000000156. The molecule has 4 unspecified atom stereocenters. The summed E-state index contributed by atoms with van der Waals surface area (Å²) in [6.45, 7) is 13.6. The lowest BCUT2D eigenvalue weighted by Gasteiger charge is -2.53. The quantitative estimate of drug-likeness (QED) is 0.148. The minimum absolute atomic E-state index is 0.0497. The first-order chi connectivity index (χ1) is 28.0. The number of esters is 2. The van der Waals surface area contributed by atoms with Gasteiger partial charge in [-0.3, -0.25) is 24.0 Å². The molecule has 6 fully saturated rings. The van der Waals surface area contributed by atoms with Crippen molar-refractivity contribution < 1.29 is 23.9 Å². The number of benzene rings is 2. The Morgan fingerprint density at radius 1 is 0.776 bits per heavy atom. The highest BCUT2D eigenvalue weighted by Gasteiger charge is 2.51. The van der Waals surface area contributed by atoms with Crippen molar-refractivity contribution in [2.24, 2.45) is 23.7 Å². The van der Waals surface area contributed by atoms with Gasteiger partial charge in [-0.1, -0.05) is 26.7 Å². The number of hydrogen-bond donors (Lipinski definition) is 2. The predicted molar refractivity (Wildman–Crippen MR) is 227 cm³/mol. The van der Waals surface area contributed by atoms with Crippen molar-refractivity contribution in [3.63, 3.8) is 0 Å². The fourth-order valence-electron chi connectivity index (χ4n) is 12.6. The molecule has 58 heavy (non-hydrogen) atoms. The summed E-state index contributed by atoms with van der Waals surface area (Å²) in [6, 6.07) is 12.9. The highest BCUT2D eigenvalue weighted by Crippen LogP contribution is 2.53. The van der Waals surface area contributed by atoms with Crippen LogP contribution in [0.1, 0.15) is 101 Å². The summed E-state index contributed by atoms with van der Waals surface area (Å²) in [5.41, 5.74) is 7.48. The number of carbonyl (C=O) groups excluding carboxylic acids is 3. The van der Waals surface area contributed by atoms with E-state index in [1.807, 2.05) is 42.9 Å². The third kappa shape index (κ3) is 7.04. The number of hydrogen-bond acceptors (Lipinski definition) is 8. The molecule has 11 heteroatoms. The third-order valence-electron chi connectivity index (χ3n) is 14.7. The first-order valence-electron chi connectivity index (χ1n) is 22.1. The first kappa shape index (κ1) is 39.3. The summed E-state index contributed by atoms with van der Waals surface area (Å²) in [6.07, 6.45) is 9.71. The molecule has 2 aromatic carbocycles. The Kier molecular flexibility index (Phi) is 10.7. The summed E-state index contributed by atoms with van der Waals surface area (Å²) in [5, 5.41) is 5.44. The van der Waals surface area contributed by atoms with Crippen LogP contribution in [0, 0.1) is 23.7 Å². The van der Waals surface area contributed by atoms with E-state index >= 15 is 0 Å². The van der Waals surface area contributed by atoms with Crippen LogP contribution in [0.25, 0.3) is 21.8 Å². The summed E-state index contributed by atoms with van der Waals surface area (Å²) >= 11 is 0. The van der Waals surface area contributed by atoms with Gasteiger partial charge in [0, 0.05) is 105 Å². The molecule has 8 bridgehead atoms. The standard InChI is InChI=1S/C26H36N4O3.C21H26N2O2/c1-5-18-12-17-13-22-24(18)29(15-17)10-8-20-21-14-19(33-16(2)31)6-7-23(21)30(25(20)22)26(32)27-9-11-28(3)4;1-3-14-8-13-9-18-20-16(6-7-23(11-13)21(14)18)17-10-15(25-12(2)24)4-5-19(17)22-20/h6-7,14,17-18,22,24H,5,8-13,15H2,1-4H3,(H,27,32);4-5,10,13-14,18,21-22H,3,6-9,11H2,1-2H3/t17-,18-,22+,24?;13-,14-,18-,21?/m00/s1. The Morgan fingerprint density at radius 2 is 1.36 bits per heavy atom. The summed E-state index contributed by atoms with van der Waals surface area (Å²) in [4.78, 5) is 47.8. The van der Waals surface area contributed by atoms with E-state index in [1.54, 1.807) is 6.07 Å². The number of rotatable bonds is 7. The van der Waals surface area contributed by atoms with Crippen LogP contribution in [0.5, 0.6) is 11.5 Å². The molecule has 0 spiro atoms. The SMILES string of the molecule is CC[C@H]1C[C@H]2C[C@H]3c4[nH]c5ccc(OC(C)=O)cc5c4CCN(C2)C13.CC[C@H]1C[C@H]2C[C@H]3c4c(c5cc(OC(C)=O)ccc5n4C(=O)NCCN(C)C)CCN(C2)C13. The van der Waals surface area contributed by atoms with E-state index in [-0.39, 0.29) is 18.0 Å². The molecule has 11 nitrogen and oxygen atoms in total. The van der Waals surface area contributed by atoms with Gasteiger partial charge in [-0.2, -0.15) is 0 Å². The zero-order valence-electron chi connectivity index (χ0n) is 35.3. The topological polar surface area (TPSA) is 112 Å². The number of likely N-dealkylation sites (N-methyl/N-ethyl adjacent to an activating group) is 1. The fourth-order valence-corrected chi connectivity index (χ4v) is 12.6. The number of nitrogens with zero attached hydrogens (tertiary/aromatic N) is 4. The molecule has 10 atom stereocenters. The Bertz CT molecular complexity index is 2220. The lowest BCUT2D eigenvalue weighted by molar-refractivity contribution is -0.132. The lowest BCUT2D eigenvalue weighted by atomic mass is 9.65. The van der Waals surface area contributed by atoms with Gasteiger partial charge in [-0.05, 0) is 124 Å². The second kappa shape index (κ2) is 15.8. The third-order valence-corrected chi connectivity index (χ3v) is 14.7. The molecular formula is C47H62N6O5. The largest absolute Gasteiger partial charge is 0.427 e. The van der Waals surface area contributed by atoms with Gasteiger partial charge in [0.05, 0.1) is 5.52 Å². The fraction of sp³-hybridized carbons (Fsp3) is 0.596. The van der Waals surface area contributed by atoms with Crippen molar-refractivity contribution in [3.05, 3.63) is 58.9 Å².